The molecule has 0 spiro atoms. The number of hydrogen-bond acceptors (Lipinski definition) is 4. The Morgan fingerprint density at radius 3 is 2.78 bits per heavy atom. The molecule has 1 N–H and O–H groups in total. The van der Waals surface area contributed by atoms with Crippen molar-refractivity contribution in [3.8, 4) is 0 Å². The maximum Gasteiger partial charge on any atom is 0.0934 e. The van der Waals surface area contributed by atoms with Gasteiger partial charge in [-0.05, 0) is 12.3 Å². The highest BCUT2D eigenvalue weighted by atomic mass is 32.1. The number of aromatic nitrogens is 1. The van der Waals surface area contributed by atoms with E-state index in [0.29, 0.717) is 5.92 Å². The Balaban J connectivity index is 2.59. The number of methoxy groups -OCH3 is 1. The van der Waals surface area contributed by atoms with E-state index in [4.69, 9.17) is 9.72 Å². The predicted octanol–water partition coefficient (Wildman–Crippen LogP) is 3.03. The van der Waals surface area contributed by atoms with Gasteiger partial charge in [0.25, 0.3) is 0 Å². The summed E-state index contributed by atoms with van der Waals surface area (Å²) >= 11 is 1.87. The Hall–Kier alpha value is -0.450. The summed E-state index contributed by atoms with van der Waals surface area (Å²) in [5.41, 5.74) is 1.29. The Labute approximate surface area is 115 Å². The van der Waals surface area contributed by atoms with Gasteiger partial charge >= 0.3 is 0 Å². The largest absolute Gasteiger partial charge is 0.383 e. The average molecular weight is 270 g/mol. The van der Waals surface area contributed by atoms with E-state index < -0.39 is 0 Å². The summed E-state index contributed by atoms with van der Waals surface area (Å²) < 4.78 is 5.04. The maximum atomic E-state index is 5.04. The summed E-state index contributed by atoms with van der Waals surface area (Å²) in [6.07, 6.45) is 3.35. The van der Waals surface area contributed by atoms with Crippen LogP contribution in [0.25, 0.3) is 0 Å². The van der Waals surface area contributed by atoms with Gasteiger partial charge in [-0.25, -0.2) is 4.98 Å². The monoisotopic (exact) mass is 270 g/mol. The van der Waals surface area contributed by atoms with Crippen molar-refractivity contribution in [2.45, 2.75) is 46.6 Å². The molecule has 0 saturated heterocycles. The molecule has 1 rings (SSSR count). The molecule has 0 aliphatic rings. The molecule has 0 amide bonds. The lowest BCUT2D eigenvalue weighted by molar-refractivity contribution is 0.199. The first-order valence-electron chi connectivity index (χ1n) is 6.84. The van der Waals surface area contributed by atoms with Gasteiger partial charge in [0.05, 0.1) is 17.3 Å². The number of hydrogen-bond donors (Lipinski definition) is 1. The lowest BCUT2D eigenvalue weighted by Crippen LogP contribution is -2.18. The topological polar surface area (TPSA) is 34.2 Å². The summed E-state index contributed by atoms with van der Waals surface area (Å²) in [4.78, 5) is 6.19. The van der Waals surface area contributed by atoms with E-state index in [1.807, 2.05) is 11.3 Å². The molecule has 1 aromatic rings. The molecule has 18 heavy (non-hydrogen) atoms. The number of rotatable bonds is 9. The third-order valence-corrected chi connectivity index (χ3v) is 3.78. The van der Waals surface area contributed by atoms with Gasteiger partial charge in [-0.2, -0.15) is 0 Å². The van der Waals surface area contributed by atoms with Gasteiger partial charge in [-0.15, -0.1) is 11.3 Å². The van der Waals surface area contributed by atoms with Crippen molar-refractivity contribution in [3.05, 3.63) is 15.6 Å². The molecule has 0 saturated carbocycles. The molecule has 1 heterocycles. The first kappa shape index (κ1) is 15.6. The fraction of sp³-hybridized carbons (Fsp3) is 0.786. The fourth-order valence-electron chi connectivity index (χ4n) is 1.82. The highest BCUT2D eigenvalue weighted by molar-refractivity contribution is 7.11. The molecular weight excluding hydrogens is 244 g/mol. The summed E-state index contributed by atoms with van der Waals surface area (Å²) in [6, 6.07) is 0. The summed E-state index contributed by atoms with van der Waals surface area (Å²) in [5, 5.41) is 4.70. The minimum absolute atomic E-state index is 0.680. The van der Waals surface area contributed by atoms with Crippen LogP contribution >= 0.6 is 11.3 Å². The average Bonchev–Trinajstić information content (AvgIpc) is 2.66. The zero-order valence-electron chi connectivity index (χ0n) is 12.1. The quantitative estimate of drug-likeness (QED) is 0.700. The van der Waals surface area contributed by atoms with Gasteiger partial charge in [0, 0.05) is 31.5 Å². The molecule has 0 atom stereocenters. The van der Waals surface area contributed by atoms with Gasteiger partial charge in [0.15, 0.2) is 0 Å². The second kappa shape index (κ2) is 8.62. The molecule has 0 fully saturated rings. The van der Waals surface area contributed by atoms with Crippen molar-refractivity contribution in [1.29, 1.82) is 0 Å². The minimum atomic E-state index is 0.680. The Morgan fingerprint density at radius 1 is 1.39 bits per heavy atom. The highest BCUT2D eigenvalue weighted by Crippen LogP contribution is 2.22. The van der Waals surface area contributed by atoms with Crippen LogP contribution < -0.4 is 5.32 Å². The van der Waals surface area contributed by atoms with Gasteiger partial charge < -0.3 is 10.1 Å². The smallest absolute Gasteiger partial charge is 0.0934 e. The molecular formula is C14H26N2OS. The lowest BCUT2D eigenvalue weighted by atomic mass is 10.1. The fourth-order valence-corrected chi connectivity index (χ4v) is 3.12. The van der Waals surface area contributed by atoms with Crippen molar-refractivity contribution >= 4 is 11.3 Å². The van der Waals surface area contributed by atoms with Crippen LogP contribution in [0.4, 0.5) is 0 Å². The standard InChI is InChI=1S/C14H26N2OS/c1-5-6-12-13(10-15-7-8-17-4)18-14(16-12)9-11(2)3/h11,15H,5-10H2,1-4H3. The number of nitrogens with one attached hydrogen (secondary N) is 1. The van der Waals surface area contributed by atoms with Gasteiger partial charge in [0.1, 0.15) is 0 Å². The zero-order valence-corrected chi connectivity index (χ0v) is 12.9. The van der Waals surface area contributed by atoms with E-state index in [-0.39, 0.29) is 0 Å². The molecule has 0 aliphatic heterocycles. The Morgan fingerprint density at radius 2 is 2.17 bits per heavy atom. The van der Waals surface area contributed by atoms with Crippen LogP contribution in [0.1, 0.15) is 42.8 Å². The van der Waals surface area contributed by atoms with E-state index >= 15 is 0 Å². The molecule has 0 aromatic carbocycles. The lowest BCUT2D eigenvalue weighted by Gasteiger charge is -2.03. The van der Waals surface area contributed by atoms with E-state index in [2.05, 4.69) is 26.1 Å². The van der Waals surface area contributed by atoms with Crippen LogP contribution in [0.2, 0.25) is 0 Å². The van der Waals surface area contributed by atoms with Crippen LogP contribution in [-0.4, -0.2) is 25.2 Å². The molecule has 1 aromatic heterocycles. The van der Waals surface area contributed by atoms with E-state index in [1.165, 1.54) is 15.6 Å². The molecule has 0 aliphatic carbocycles. The maximum absolute atomic E-state index is 5.04. The van der Waals surface area contributed by atoms with Crippen LogP contribution in [0, 0.1) is 5.92 Å². The highest BCUT2D eigenvalue weighted by Gasteiger charge is 2.11. The number of aryl methyl sites for hydroxylation is 1. The first-order valence-corrected chi connectivity index (χ1v) is 7.66. The van der Waals surface area contributed by atoms with Gasteiger partial charge in [-0.1, -0.05) is 27.2 Å². The van der Waals surface area contributed by atoms with Crippen LogP contribution in [-0.2, 0) is 24.1 Å². The second-order valence-electron chi connectivity index (χ2n) is 5.00. The molecule has 3 nitrogen and oxygen atoms in total. The normalized spacial score (nSPS) is 11.4. The third-order valence-electron chi connectivity index (χ3n) is 2.66. The van der Waals surface area contributed by atoms with Crippen LogP contribution in [0.5, 0.6) is 0 Å². The zero-order chi connectivity index (χ0) is 13.4. The van der Waals surface area contributed by atoms with Crippen LogP contribution in [0.3, 0.4) is 0 Å². The van der Waals surface area contributed by atoms with Gasteiger partial charge in [-0.3, -0.25) is 0 Å². The van der Waals surface area contributed by atoms with Crippen molar-refractivity contribution in [2.75, 3.05) is 20.3 Å². The molecule has 104 valence electrons. The number of thiazole rings is 1. The molecule has 0 bridgehead atoms. The number of nitrogens with zero attached hydrogens (tertiary/aromatic N) is 1. The van der Waals surface area contributed by atoms with Crippen molar-refractivity contribution < 1.29 is 4.74 Å². The minimum Gasteiger partial charge on any atom is -0.383 e. The summed E-state index contributed by atoms with van der Waals surface area (Å²) in [5.74, 6) is 0.680. The summed E-state index contributed by atoms with van der Waals surface area (Å²) in [7, 11) is 1.73. The van der Waals surface area contributed by atoms with E-state index in [1.54, 1.807) is 7.11 Å². The Kier molecular flexibility index (Phi) is 7.47. The SMILES string of the molecule is CCCc1nc(CC(C)C)sc1CNCCOC. The molecule has 4 heteroatoms. The predicted molar refractivity (Wildman–Crippen MR) is 78.2 cm³/mol. The van der Waals surface area contributed by atoms with Crippen molar-refractivity contribution in [1.82, 2.24) is 10.3 Å². The Bertz CT molecular complexity index is 337. The van der Waals surface area contributed by atoms with E-state index in [9.17, 15) is 0 Å². The van der Waals surface area contributed by atoms with Crippen LogP contribution in [0.15, 0.2) is 0 Å². The first-order chi connectivity index (χ1) is 8.67. The van der Waals surface area contributed by atoms with E-state index in [0.717, 1.165) is 39.0 Å². The van der Waals surface area contributed by atoms with Crippen molar-refractivity contribution in [2.24, 2.45) is 5.92 Å². The second-order valence-corrected chi connectivity index (χ2v) is 6.16. The third kappa shape index (κ3) is 5.46. The van der Waals surface area contributed by atoms with Crippen molar-refractivity contribution in [3.63, 3.8) is 0 Å². The van der Waals surface area contributed by atoms with Gasteiger partial charge in [0.2, 0.25) is 0 Å². The molecule has 0 radical (unpaired) electrons. The summed E-state index contributed by atoms with van der Waals surface area (Å²) in [6.45, 7) is 9.30. The molecule has 0 unspecified atom stereocenters. The number of ether oxygens (including phenoxy) is 1.